The first kappa shape index (κ1) is 7.50. The van der Waals surface area contributed by atoms with Crippen molar-refractivity contribution in [3.63, 3.8) is 0 Å². The normalized spacial score (nSPS) is 13.1. The Morgan fingerprint density at radius 2 is 2.07 bits per heavy atom. The molecule has 0 saturated heterocycles. The van der Waals surface area contributed by atoms with Crippen LogP contribution < -0.4 is 9.47 Å². The first-order valence-corrected chi connectivity index (χ1v) is 4.47. The Hall–Kier alpha value is -1.90. The lowest BCUT2D eigenvalue weighted by atomic mass is 10.1. The van der Waals surface area contributed by atoms with E-state index in [-0.39, 0.29) is 0 Å². The van der Waals surface area contributed by atoms with Gasteiger partial charge in [0.05, 0.1) is 0 Å². The number of para-hydroxylation sites is 1. The molecule has 0 spiro atoms. The molecule has 2 aromatic rings. The van der Waals surface area contributed by atoms with Crippen LogP contribution in [0.5, 0.6) is 11.5 Å². The fraction of sp³-hybridized carbons (Fsp3) is 0.0909. The smallest absolute Gasteiger partial charge is 0.231 e. The van der Waals surface area contributed by atoms with Crippen LogP contribution in [-0.2, 0) is 0 Å². The molecule has 0 bridgehead atoms. The van der Waals surface area contributed by atoms with Crippen molar-refractivity contribution in [2.45, 2.75) is 0 Å². The molecule has 0 unspecified atom stereocenters. The maximum absolute atomic E-state index is 5.41. The summed E-state index contributed by atoms with van der Waals surface area (Å²) in [6.07, 6.45) is 1.89. The maximum atomic E-state index is 5.41. The van der Waals surface area contributed by atoms with Gasteiger partial charge in [-0.25, -0.2) is 0 Å². The van der Waals surface area contributed by atoms with Crippen LogP contribution in [0.1, 0.15) is 0 Å². The quantitative estimate of drug-likeness (QED) is 0.743. The zero-order chi connectivity index (χ0) is 9.38. The van der Waals surface area contributed by atoms with Crippen molar-refractivity contribution >= 4 is 0 Å². The number of aromatic nitrogens is 1. The van der Waals surface area contributed by atoms with Crippen molar-refractivity contribution in [2.75, 3.05) is 6.79 Å². The van der Waals surface area contributed by atoms with Crippen LogP contribution in [0.25, 0.3) is 11.3 Å². The van der Waals surface area contributed by atoms with E-state index in [2.05, 4.69) is 4.98 Å². The van der Waals surface area contributed by atoms with Gasteiger partial charge in [-0.05, 0) is 24.3 Å². The fourth-order valence-corrected chi connectivity index (χ4v) is 1.64. The highest BCUT2D eigenvalue weighted by Crippen LogP contribution is 2.40. The Bertz CT molecular complexity index is 448. The van der Waals surface area contributed by atoms with Gasteiger partial charge in [0.2, 0.25) is 6.79 Å². The summed E-state index contributed by atoms with van der Waals surface area (Å²) < 4.78 is 10.7. The van der Waals surface area contributed by atoms with Gasteiger partial charge in [-0.3, -0.25) is 0 Å². The predicted molar refractivity (Wildman–Crippen MR) is 52.4 cm³/mol. The third-order valence-electron chi connectivity index (χ3n) is 2.28. The minimum Gasteiger partial charge on any atom is -0.454 e. The van der Waals surface area contributed by atoms with Gasteiger partial charge >= 0.3 is 0 Å². The average molecular weight is 187 g/mol. The molecule has 0 radical (unpaired) electrons. The second-order valence-corrected chi connectivity index (χ2v) is 3.12. The topological polar surface area (TPSA) is 34.2 Å². The molecule has 0 aliphatic carbocycles. The first-order valence-electron chi connectivity index (χ1n) is 4.47. The Morgan fingerprint density at radius 1 is 1.07 bits per heavy atom. The Kier molecular flexibility index (Phi) is 1.50. The summed E-state index contributed by atoms with van der Waals surface area (Å²) in [5, 5.41) is 0. The summed E-state index contributed by atoms with van der Waals surface area (Å²) in [5.41, 5.74) is 2.09. The molecule has 1 N–H and O–H groups in total. The van der Waals surface area contributed by atoms with Gasteiger partial charge in [0.15, 0.2) is 11.5 Å². The van der Waals surface area contributed by atoms with E-state index in [4.69, 9.17) is 9.47 Å². The lowest BCUT2D eigenvalue weighted by Crippen LogP contribution is -1.93. The SMILES string of the molecule is c1c[nH]c(-c2cccc3c2OCO3)c1. The third kappa shape index (κ3) is 0.988. The summed E-state index contributed by atoms with van der Waals surface area (Å²) in [6, 6.07) is 9.86. The highest BCUT2D eigenvalue weighted by Gasteiger charge is 2.18. The Morgan fingerprint density at radius 3 is 2.93 bits per heavy atom. The van der Waals surface area contributed by atoms with Gasteiger partial charge in [0.25, 0.3) is 0 Å². The molecule has 0 fully saturated rings. The molecular weight excluding hydrogens is 178 g/mol. The van der Waals surface area contributed by atoms with Crippen molar-refractivity contribution in [3.05, 3.63) is 36.5 Å². The number of hydrogen-bond acceptors (Lipinski definition) is 2. The molecule has 1 aromatic carbocycles. The molecule has 14 heavy (non-hydrogen) atoms. The lowest BCUT2D eigenvalue weighted by Gasteiger charge is -2.02. The van der Waals surface area contributed by atoms with E-state index >= 15 is 0 Å². The van der Waals surface area contributed by atoms with E-state index in [1.807, 2.05) is 36.5 Å². The summed E-state index contributed by atoms with van der Waals surface area (Å²) in [5.74, 6) is 1.65. The highest BCUT2D eigenvalue weighted by molar-refractivity contribution is 5.71. The molecule has 1 aliphatic rings. The van der Waals surface area contributed by atoms with Gasteiger partial charge in [-0.1, -0.05) is 6.07 Å². The number of hydrogen-bond donors (Lipinski definition) is 1. The van der Waals surface area contributed by atoms with Crippen LogP contribution in [0.2, 0.25) is 0 Å². The number of nitrogens with one attached hydrogen (secondary N) is 1. The van der Waals surface area contributed by atoms with Crippen LogP contribution >= 0.6 is 0 Å². The molecule has 0 saturated carbocycles. The second-order valence-electron chi connectivity index (χ2n) is 3.12. The number of aromatic amines is 1. The van der Waals surface area contributed by atoms with Crippen molar-refractivity contribution in [2.24, 2.45) is 0 Å². The second kappa shape index (κ2) is 2.80. The molecular formula is C11H9NO2. The predicted octanol–water partition coefficient (Wildman–Crippen LogP) is 2.41. The van der Waals surface area contributed by atoms with Gasteiger partial charge in [0, 0.05) is 17.5 Å². The fourth-order valence-electron chi connectivity index (χ4n) is 1.64. The van der Waals surface area contributed by atoms with Gasteiger partial charge in [0.1, 0.15) is 0 Å². The van der Waals surface area contributed by atoms with Crippen LogP contribution in [0.3, 0.4) is 0 Å². The molecule has 70 valence electrons. The van der Waals surface area contributed by atoms with E-state index in [9.17, 15) is 0 Å². The van der Waals surface area contributed by atoms with Crippen molar-refractivity contribution in [3.8, 4) is 22.8 Å². The molecule has 3 rings (SSSR count). The van der Waals surface area contributed by atoms with E-state index < -0.39 is 0 Å². The maximum Gasteiger partial charge on any atom is 0.231 e. The monoisotopic (exact) mass is 187 g/mol. The van der Waals surface area contributed by atoms with Crippen LogP contribution in [0.4, 0.5) is 0 Å². The van der Waals surface area contributed by atoms with Gasteiger partial charge in [-0.15, -0.1) is 0 Å². The van der Waals surface area contributed by atoms with E-state index in [1.54, 1.807) is 0 Å². The molecule has 2 heterocycles. The van der Waals surface area contributed by atoms with Gasteiger partial charge < -0.3 is 14.5 Å². The standard InChI is InChI=1S/C11H9NO2/c1-3-8(9-4-2-6-12-9)11-10(5-1)13-7-14-11/h1-6,12H,7H2. The highest BCUT2D eigenvalue weighted by atomic mass is 16.7. The van der Waals surface area contributed by atoms with Gasteiger partial charge in [-0.2, -0.15) is 0 Å². The summed E-state index contributed by atoms with van der Waals surface area (Å²) in [7, 11) is 0. The summed E-state index contributed by atoms with van der Waals surface area (Å²) in [6.45, 7) is 0.313. The summed E-state index contributed by atoms with van der Waals surface area (Å²) >= 11 is 0. The zero-order valence-corrected chi connectivity index (χ0v) is 7.49. The van der Waals surface area contributed by atoms with Crippen molar-refractivity contribution in [1.82, 2.24) is 4.98 Å². The van der Waals surface area contributed by atoms with Crippen LogP contribution in [-0.4, -0.2) is 11.8 Å². The number of benzene rings is 1. The van der Waals surface area contributed by atoms with Crippen molar-refractivity contribution < 1.29 is 9.47 Å². The van der Waals surface area contributed by atoms with E-state index in [0.29, 0.717) is 6.79 Å². The molecule has 3 nitrogen and oxygen atoms in total. The zero-order valence-electron chi connectivity index (χ0n) is 7.49. The lowest BCUT2D eigenvalue weighted by molar-refractivity contribution is 0.174. The minimum absolute atomic E-state index is 0.313. The van der Waals surface area contributed by atoms with E-state index in [1.165, 1.54) is 0 Å². The summed E-state index contributed by atoms with van der Waals surface area (Å²) in [4.78, 5) is 3.15. The third-order valence-corrected chi connectivity index (χ3v) is 2.28. The molecule has 3 heteroatoms. The molecule has 1 aromatic heterocycles. The number of H-pyrrole nitrogens is 1. The minimum atomic E-state index is 0.313. The molecule has 0 amide bonds. The largest absolute Gasteiger partial charge is 0.454 e. The number of rotatable bonds is 1. The molecule has 1 aliphatic heterocycles. The Balaban J connectivity index is 2.20. The number of fused-ring (bicyclic) bond motifs is 1. The Labute approximate surface area is 81.3 Å². The first-order chi connectivity index (χ1) is 6.95. The van der Waals surface area contributed by atoms with E-state index in [0.717, 1.165) is 22.8 Å². The number of ether oxygens (including phenoxy) is 2. The molecule has 0 atom stereocenters. The van der Waals surface area contributed by atoms with Crippen LogP contribution in [0, 0.1) is 0 Å². The van der Waals surface area contributed by atoms with Crippen molar-refractivity contribution in [1.29, 1.82) is 0 Å². The average Bonchev–Trinajstić information content (AvgIpc) is 2.88. The van der Waals surface area contributed by atoms with Crippen LogP contribution in [0.15, 0.2) is 36.5 Å².